The van der Waals surface area contributed by atoms with Crippen LogP contribution in [0.15, 0.2) is 24.3 Å². The first-order valence-electron chi connectivity index (χ1n) is 6.24. The summed E-state index contributed by atoms with van der Waals surface area (Å²) in [4.78, 5) is 4.81. The fourth-order valence-electron chi connectivity index (χ4n) is 2.73. The van der Waals surface area contributed by atoms with Crippen molar-refractivity contribution in [2.45, 2.75) is 25.8 Å². The second-order valence-electron chi connectivity index (χ2n) is 4.74. The molecule has 0 aromatic heterocycles. The highest BCUT2D eigenvalue weighted by Gasteiger charge is 2.26. The van der Waals surface area contributed by atoms with Crippen LogP contribution in [0.1, 0.15) is 31.4 Å². The van der Waals surface area contributed by atoms with E-state index < -0.39 is 0 Å². The first-order chi connectivity index (χ1) is 7.74. The van der Waals surface area contributed by atoms with Crippen LogP contribution in [0.4, 0.5) is 5.69 Å². The molecule has 0 saturated carbocycles. The molecule has 0 N–H and O–H groups in total. The van der Waals surface area contributed by atoms with E-state index in [1.54, 1.807) is 0 Å². The molecule has 0 bridgehead atoms. The molecule has 0 spiro atoms. The fourth-order valence-corrected chi connectivity index (χ4v) is 2.73. The van der Waals surface area contributed by atoms with Gasteiger partial charge in [-0.25, -0.2) is 0 Å². The lowest BCUT2D eigenvalue weighted by atomic mass is 10.0. The number of rotatable bonds is 3. The number of benzene rings is 1. The van der Waals surface area contributed by atoms with Crippen molar-refractivity contribution in [1.82, 2.24) is 4.90 Å². The molecule has 2 nitrogen and oxygen atoms in total. The van der Waals surface area contributed by atoms with Crippen molar-refractivity contribution in [3.63, 3.8) is 0 Å². The lowest BCUT2D eigenvalue weighted by molar-refractivity contribution is 0.272. The van der Waals surface area contributed by atoms with Gasteiger partial charge in [-0.3, -0.25) is 4.90 Å². The van der Waals surface area contributed by atoms with Gasteiger partial charge in [-0.15, -0.1) is 0 Å². The zero-order valence-electron chi connectivity index (χ0n) is 10.6. The molecule has 1 aliphatic heterocycles. The second kappa shape index (κ2) is 4.88. The number of likely N-dealkylation sites (tertiary alicyclic amines) is 1. The monoisotopic (exact) mass is 218 g/mol. The second-order valence-corrected chi connectivity index (χ2v) is 4.74. The Balaban J connectivity index is 2.32. The van der Waals surface area contributed by atoms with Crippen LogP contribution >= 0.6 is 0 Å². The maximum atomic E-state index is 2.59. The summed E-state index contributed by atoms with van der Waals surface area (Å²) in [5.41, 5.74) is 2.86. The summed E-state index contributed by atoms with van der Waals surface area (Å²) in [6.07, 6.45) is 2.64. The highest BCUT2D eigenvalue weighted by atomic mass is 15.2. The van der Waals surface area contributed by atoms with Gasteiger partial charge in [0.05, 0.1) is 0 Å². The lowest BCUT2D eigenvalue weighted by Crippen LogP contribution is -2.24. The summed E-state index contributed by atoms with van der Waals surface area (Å²) in [6.45, 7) is 4.67. The first-order valence-corrected chi connectivity index (χ1v) is 6.24. The molecule has 88 valence electrons. The molecule has 1 aromatic rings. The van der Waals surface area contributed by atoms with Crippen molar-refractivity contribution in [3.05, 3.63) is 29.8 Å². The Labute approximate surface area is 98.9 Å². The normalized spacial score (nSPS) is 21.3. The van der Waals surface area contributed by atoms with Gasteiger partial charge in [-0.1, -0.05) is 25.1 Å². The van der Waals surface area contributed by atoms with Crippen LogP contribution in [0.5, 0.6) is 0 Å². The van der Waals surface area contributed by atoms with E-state index in [0.717, 1.165) is 6.54 Å². The van der Waals surface area contributed by atoms with Crippen LogP contribution in [0, 0.1) is 0 Å². The van der Waals surface area contributed by atoms with Gasteiger partial charge >= 0.3 is 0 Å². The van der Waals surface area contributed by atoms with E-state index in [1.165, 1.54) is 30.6 Å². The first kappa shape index (κ1) is 11.5. The zero-order valence-corrected chi connectivity index (χ0v) is 10.6. The summed E-state index contributed by atoms with van der Waals surface area (Å²) in [5.74, 6) is 0. The number of para-hydroxylation sites is 1. The highest BCUT2D eigenvalue weighted by molar-refractivity contribution is 5.54. The Kier molecular flexibility index (Phi) is 3.49. The molecule has 2 heteroatoms. The third kappa shape index (κ3) is 2.07. The molecule has 2 rings (SSSR count). The van der Waals surface area contributed by atoms with E-state index >= 15 is 0 Å². The van der Waals surface area contributed by atoms with Crippen molar-refractivity contribution >= 4 is 5.69 Å². The zero-order chi connectivity index (χ0) is 11.5. The van der Waals surface area contributed by atoms with Crippen LogP contribution in [-0.2, 0) is 0 Å². The predicted octanol–water partition coefficient (Wildman–Crippen LogP) is 2.91. The minimum Gasteiger partial charge on any atom is -0.377 e. The third-order valence-corrected chi connectivity index (χ3v) is 3.55. The molecule has 0 radical (unpaired) electrons. The summed E-state index contributed by atoms with van der Waals surface area (Å²) < 4.78 is 0. The summed E-state index contributed by atoms with van der Waals surface area (Å²) >= 11 is 0. The number of anilines is 1. The van der Waals surface area contributed by atoms with Crippen LogP contribution in [0.3, 0.4) is 0 Å². The standard InChI is InChI=1S/C14H22N2/c1-4-16-11-7-10-14(16)12-8-5-6-9-13(12)15(2)3/h5-6,8-9,14H,4,7,10-11H2,1-3H3. The molecule has 1 atom stereocenters. The van der Waals surface area contributed by atoms with E-state index in [0.29, 0.717) is 6.04 Å². The average molecular weight is 218 g/mol. The minimum absolute atomic E-state index is 0.628. The fraction of sp³-hybridized carbons (Fsp3) is 0.571. The van der Waals surface area contributed by atoms with E-state index in [4.69, 9.17) is 0 Å². The Morgan fingerprint density at radius 3 is 2.75 bits per heavy atom. The van der Waals surface area contributed by atoms with Gasteiger partial charge in [0, 0.05) is 25.8 Å². The van der Waals surface area contributed by atoms with E-state index in [2.05, 4.69) is 55.1 Å². The van der Waals surface area contributed by atoms with Crippen molar-refractivity contribution in [2.24, 2.45) is 0 Å². The Hall–Kier alpha value is -1.02. The van der Waals surface area contributed by atoms with Crippen LogP contribution in [0.25, 0.3) is 0 Å². The SMILES string of the molecule is CCN1CCCC1c1ccccc1N(C)C. The minimum atomic E-state index is 0.628. The molecule has 1 aliphatic rings. The largest absolute Gasteiger partial charge is 0.377 e. The number of hydrogen-bond acceptors (Lipinski definition) is 2. The molecule has 0 aliphatic carbocycles. The van der Waals surface area contributed by atoms with Crippen molar-refractivity contribution in [2.75, 3.05) is 32.1 Å². The molecule has 1 saturated heterocycles. The summed E-state index contributed by atoms with van der Waals surface area (Å²) in [5, 5.41) is 0. The van der Waals surface area contributed by atoms with E-state index in [-0.39, 0.29) is 0 Å². The predicted molar refractivity (Wildman–Crippen MR) is 70.0 cm³/mol. The maximum absolute atomic E-state index is 2.59. The van der Waals surface area contributed by atoms with Crippen LogP contribution in [-0.4, -0.2) is 32.1 Å². The third-order valence-electron chi connectivity index (χ3n) is 3.55. The highest BCUT2D eigenvalue weighted by Crippen LogP contribution is 2.36. The summed E-state index contributed by atoms with van der Waals surface area (Å²) in [7, 11) is 4.26. The molecule has 1 unspecified atom stereocenters. The molecular weight excluding hydrogens is 196 g/mol. The van der Waals surface area contributed by atoms with Gasteiger partial charge in [-0.2, -0.15) is 0 Å². The lowest BCUT2D eigenvalue weighted by Gasteiger charge is -2.27. The molecule has 1 aromatic carbocycles. The summed E-state index contributed by atoms with van der Waals surface area (Å²) in [6, 6.07) is 9.43. The van der Waals surface area contributed by atoms with Crippen LogP contribution < -0.4 is 4.90 Å². The Morgan fingerprint density at radius 2 is 2.06 bits per heavy atom. The van der Waals surface area contributed by atoms with Crippen molar-refractivity contribution in [3.8, 4) is 0 Å². The topological polar surface area (TPSA) is 6.48 Å². The van der Waals surface area contributed by atoms with Crippen molar-refractivity contribution in [1.29, 1.82) is 0 Å². The Morgan fingerprint density at radius 1 is 1.31 bits per heavy atom. The van der Waals surface area contributed by atoms with E-state index in [1.807, 2.05) is 0 Å². The van der Waals surface area contributed by atoms with E-state index in [9.17, 15) is 0 Å². The molecule has 1 heterocycles. The maximum Gasteiger partial charge on any atom is 0.0409 e. The molecule has 1 fully saturated rings. The number of hydrogen-bond donors (Lipinski definition) is 0. The van der Waals surface area contributed by atoms with Gasteiger partial charge in [0.25, 0.3) is 0 Å². The van der Waals surface area contributed by atoms with Crippen molar-refractivity contribution < 1.29 is 0 Å². The smallest absolute Gasteiger partial charge is 0.0409 e. The van der Waals surface area contributed by atoms with Gasteiger partial charge in [0.1, 0.15) is 0 Å². The number of nitrogens with zero attached hydrogens (tertiary/aromatic N) is 2. The Bertz CT molecular complexity index is 346. The molecular formula is C14H22N2. The average Bonchev–Trinajstić information content (AvgIpc) is 2.76. The van der Waals surface area contributed by atoms with Gasteiger partial charge in [0.2, 0.25) is 0 Å². The van der Waals surface area contributed by atoms with Gasteiger partial charge < -0.3 is 4.90 Å². The van der Waals surface area contributed by atoms with Gasteiger partial charge in [-0.05, 0) is 37.6 Å². The molecule has 0 amide bonds. The van der Waals surface area contributed by atoms with Crippen LogP contribution in [0.2, 0.25) is 0 Å². The molecule has 16 heavy (non-hydrogen) atoms. The quantitative estimate of drug-likeness (QED) is 0.769. The van der Waals surface area contributed by atoms with Gasteiger partial charge in [0.15, 0.2) is 0 Å².